The molecular weight excluding hydrogens is 156 g/mol. The average molecular weight is 176 g/mol. The third kappa shape index (κ3) is 1.77. The number of benzene rings is 1. The molecule has 1 atom stereocenters. The maximum Gasteiger partial charge on any atom is -0.0133 e. The van der Waals surface area contributed by atoms with Crippen molar-refractivity contribution in [1.29, 1.82) is 0 Å². The lowest BCUT2D eigenvalue weighted by molar-refractivity contribution is 0.496. The van der Waals surface area contributed by atoms with Gasteiger partial charge in [0.05, 0.1) is 0 Å². The highest BCUT2D eigenvalue weighted by Gasteiger charge is 2.23. The van der Waals surface area contributed by atoms with Gasteiger partial charge in [-0.1, -0.05) is 45.5 Å². The van der Waals surface area contributed by atoms with Gasteiger partial charge < -0.3 is 0 Å². The highest BCUT2D eigenvalue weighted by Crippen LogP contribution is 2.37. The predicted molar refractivity (Wildman–Crippen MR) is 59.1 cm³/mol. The van der Waals surface area contributed by atoms with Crippen LogP contribution in [-0.2, 0) is 6.42 Å². The quantitative estimate of drug-likeness (QED) is 0.606. The van der Waals surface area contributed by atoms with E-state index in [0.717, 1.165) is 11.8 Å². The van der Waals surface area contributed by atoms with E-state index in [9.17, 15) is 0 Å². The number of hydrogen-bond donors (Lipinski definition) is 0. The molecule has 0 amide bonds. The Bertz CT molecular complexity index is 273. The van der Waals surface area contributed by atoms with E-state index in [1.54, 1.807) is 11.1 Å². The van der Waals surface area contributed by atoms with Crippen LogP contribution >= 0.6 is 0 Å². The van der Waals surface area contributed by atoms with Crippen LogP contribution in [0, 0.1) is 5.92 Å². The fourth-order valence-corrected chi connectivity index (χ4v) is 2.28. The molecule has 0 heterocycles. The molecule has 0 saturated carbocycles. The van der Waals surface area contributed by atoms with Crippen molar-refractivity contribution in [2.75, 3.05) is 0 Å². The zero-order valence-electron chi connectivity index (χ0n) is 7.88. The normalized spacial score (nSPS) is 19.8. The first-order valence-corrected chi connectivity index (χ1v) is 4.87. The third-order valence-corrected chi connectivity index (χ3v) is 2.98. The van der Waals surface area contributed by atoms with Crippen LogP contribution in [0.5, 0.6) is 0 Å². The van der Waals surface area contributed by atoms with E-state index >= 15 is 0 Å². The van der Waals surface area contributed by atoms with Gasteiger partial charge in [0.1, 0.15) is 0 Å². The summed E-state index contributed by atoms with van der Waals surface area (Å²) < 4.78 is 0. The highest BCUT2D eigenvalue weighted by atomic mass is 14.3. The molecule has 0 saturated heterocycles. The summed E-state index contributed by atoms with van der Waals surface area (Å²) >= 11 is 0. The van der Waals surface area contributed by atoms with Gasteiger partial charge in [-0.3, -0.25) is 0 Å². The third-order valence-electron chi connectivity index (χ3n) is 2.98. The van der Waals surface area contributed by atoms with E-state index < -0.39 is 0 Å². The largest absolute Gasteiger partial charge is 0.0776 e. The lowest BCUT2D eigenvalue weighted by atomic mass is 9.90. The van der Waals surface area contributed by atoms with Gasteiger partial charge in [-0.2, -0.15) is 0 Å². The molecule has 13 heavy (non-hydrogen) atoms. The molecule has 72 valence electrons. The monoisotopic (exact) mass is 176 g/mol. The summed E-state index contributed by atoms with van der Waals surface area (Å²) in [5.74, 6) is 1.62. The molecule has 1 aliphatic carbocycles. The van der Waals surface area contributed by atoms with Gasteiger partial charge in [0.25, 0.3) is 0 Å². The van der Waals surface area contributed by atoms with Crippen molar-refractivity contribution >= 4 is 0 Å². The number of hydrogen-bond acceptors (Lipinski definition) is 0. The van der Waals surface area contributed by atoms with E-state index in [2.05, 4.69) is 38.1 Å². The fourth-order valence-electron chi connectivity index (χ4n) is 2.28. The molecule has 0 aromatic heterocycles. The standard InChI is InChI=1S/C12H16.CH4/c1-9(2)11-8-7-10-5-3-4-6-12(10)11;/h3-6,9,11H,7-8H2,1-2H3;1H4. The zero-order valence-corrected chi connectivity index (χ0v) is 7.88. The second-order valence-corrected chi connectivity index (χ2v) is 4.09. The topological polar surface area (TPSA) is 0 Å². The molecule has 1 aromatic rings. The van der Waals surface area contributed by atoms with Crippen LogP contribution in [0.2, 0.25) is 0 Å². The molecule has 0 nitrogen and oxygen atoms in total. The number of aryl methyl sites for hydroxylation is 1. The fraction of sp³-hybridized carbons (Fsp3) is 0.538. The highest BCUT2D eigenvalue weighted by molar-refractivity contribution is 5.34. The molecule has 0 bridgehead atoms. The summed E-state index contributed by atoms with van der Waals surface area (Å²) in [7, 11) is 0. The first-order valence-electron chi connectivity index (χ1n) is 4.87. The van der Waals surface area contributed by atoms with Gasteiger partial charge in [0.15, 0.2) is 0 Å². The van der Waals surface area contributed by atoms with Crippen LogP contribution in [0.4, 0.5) is 0 Å². The summed E-state index contributed by atoms with van der Waals surface area (Å²) in [4.78, 5) is 0. The van der Waals surface area contributed by atoms with Crippen LogP contribution in [0.1, 0.15) is 44.7 Å². The Balaban J connectivity index is 0.000000845. The smallest absolute Gasteiger partial charge is 0.0133 e. The SMILES string of the molecule is C.CC(C)C1CCc2ccccc21. The molecular formula is C13H20. The summed E-state index contributed by atoms with van der Waals surface area (Å²) in [6.07, 6.45) is 2.65. The van der Waals surface area contributed by atoms with Crippen molar-refractivity contribution < 1.29 is 0 Å². The predicted octanol–water partition coefficient (Wildman–Crippen LogP) is 4.01. The average Bonchev–Trinajstić information content (AvgIpc) is 2.47. The number of fused-ring (bicyclic) bond motifs is 1. The van der Waals surface area contributed by atoms with Crippen molar-refractivity contribution in [3.63, 3.8) is 0 Å². The Morgan fingerprint density at radius 3 is 2.62 bits per heavy atom. The minimum absolute atomic E-state index is 0. The van der Waals surface area contributed by atoms with E-state index in [0.29, 0.717) is 0 Å². The summed E-state index contributed by atoms with van der Waals surface area (Å²) in [6, 6.07) is 8.89. The molecule has 0 N–H and O–H groups in total. The molecule has 1 aromatic carbocycles. The molecule has 0 spiro atoms. The van der Waals surface area contributed by atoms with E-state index in [-0.39, 0.29) is 7.43 Å². The van der Waals surface area contributed by atoms with Gasteiger partial charge in [0.2, 0.25) is 0 Å². The minimum Gasteiger partial charge on any atom is -0.0776 e. The zero-order chi connectivity index (χ0) is 8.55. The van der Waals surface area contributed by atoms with E-state index in [4.69, 9.17) is 0 Å². The summed E-state index contributed by atoms with van der Waals surface area (Å²) in [6.45, 7) is 4.65. The molecule has 1 unspecified atom stereocenters. The van der Waals surface area contributed by atoms with Crippen molar-refractivity contribution in [2.24, 2.45) is 5.92 Å². The van der Waals surface area contributed by atoms with Crippen LogP contribution in [0.25, 0.3) is 0 Å². The van der Waals surface area contributed by atoms with Crippen LogP contribution in [0.15, 0.2) is 24.3 Å². The van der Waals surface area contributed by atoms with E-state index in [1.807, 2.05) is 0 Å². The molecule has 0 heteroatoms. The second-order valence-electron chi connectivity index (χ2n) is 4.09. The molecule has 0 aliphatic heterocycles. The molecule has 1 aliphatic rings. The van der Waals surface area contributed by atoms with Crippen molar-refractivity contribution in [3.05, 3.63) is 35.4 Å². The Hall–Kier alpha value is -0.780. The van der Waals surface area contributed by atoms with Crippen molar-refractivity contribution in [3.8, 4) is 0 Å². The van der Waals surface area contributed by atoms with Crippen molar-refractivity contribution in [1.82, 2.24) is 0 Å². The van der Waals surface area contributed by atoms with Gasteiger partial charge in [-0.15, -0.1) is 0 Å². The summed E-state index contributed by atoms with van der Waals surface area (Å²) in [5, 5.41) is 0. The first-order chi connectivity index (χ1) is 5.79. The lowest BCUT2D eigenvalue weighted by Crippen LogP contribution is -2.01. The Morgan fingerprint density at radius 1 is 1.23 bits per heavy atom. The van der Waals surface area contributed by atoms with Crippen LogP contribution in [-0.4, -0.2) is 0 Å². The molecule has 2 rings (SSSR count). The maximum absolute atomic E-state index is 2.33. The first kappa shape index (κ1) is 10.3. The van der Waals surface area contributed by atoms with Gasteiger partial charge >= 0.3 is 0 Å². The lowest BCUT2D eigenvalue weighted by Gasteiger charge is -2.14. The van der Waals surface area contributed by atoms with Gasteiger partial charge in [-0.25, -0.2) is 0 Å². The Kier molecular flexibility index (Phi) is 3.13. The second kappa shape index (κ2) is 3.95. The van der Waals surface area contributed by atoms with Crippen molar-refractivity contribution in [2.45, 2.75) is 40.0 Å². The van der Waals surface area contributed by atoms with Gasteiger partial charge in [-0.05, 0) is 35.8 Å². The van der Waals surface area contributed by atoms with E-state index in [1.165, 1.54) is 12.8 Å². The minimum atomic E-state index is 0. The molecule has 0 radical (unpaired) electrons. The maximum atomic E-state index is 2.33. The number of rotatable bonds is 1. The van der Waals surface area contributed by atoms with Crippen LogP contribution < -0.4 is 0 Å². The summed E-state index contributed by atoms with van der Waals surface area (Å²) in [5.41, 5.74) is 3.18. The van der Waals surface area contributed by atoms with Gasteiger partial charge in [0, 0.05) is 0 Å². The van der Waals surface area contributed by atoms with Crippen LogP contribution in [0.3, 0.4) is 0 Å². The Labute approximate surface area is 82.0 Å². The Morgan fingerprint density at radius 2 is 1.92 bits per heavy atom. The molecule has 0 fully saturated rings.